The Balaban J connectivity index is 1.95. The Morgan fingerprint density at radius 3 is 2.54 bits per heavy atom. The summed E-state index contributed by atoms with van der Waals surface area (Å²) < 4.78 is 40.8. The number of aromatic nitrogens is 2. The Hall–Kier alpha value is -2.96. The quantitative estimate of drug-likeness (QED) is 0.761. The maximum Gasteiger partial charge on any atom is 0.417 e. The molecule has 2 N–H and O–H groups in total. The molecular weight excluding hydrogens is 373 g/mol. The van der Waals surface area contributed by atoms with E-state index in [9.17, 15) is 18.0 Å². The molecule has 1 aromatic carbocycles. The average Bonchev–Trinajstić information content (AvgIpc) is 2.71. The van der Waals surface area contributed by atoms with Crippen LogP contribution in [0.3, 0.4) is 0 Å². The third-order valence-corrected chi connectivity index (χ3v) is 4.22. The van der Waals surface area contributed by atoms with E-state index in [1.54, 1.807) is 0 Å². The third-order valence-electron chi connectivity index (χ3n) is 4.22. The highest BCUT2D eigenvalue weighted by Gasteiger charge is 2.37. The van der Waals surface area contributed by atoms with Crippen molar-refractivity contribution >= 4 is 5.91 Å². The van der Waals surface area contributed by atoms with E-state index in [0.29, 0.717) is 31.9 Å². The second-order valence-corrected chi connectivity index (χ2v) is 6.06. The average molecular weight is 390 g/mol. The first-order valence-corrected chi connectivity index (χ1v) is 8.55. The first-order valence-electron chi connectivity index (χ1n) is 8.55. The highest BCUT2D eigenvalue weighted by Crippen LogP contribution is 2.35. The second kappa shape index (κ2) is 8.37. The normalized spacial score (nSPS) is 14.4. The van der Waals surface area contributed by atoms with Gasteiger partial charge in [0.05, 0.1) is 16.8 Å². The van der Waals surface area contributed by atoms with Crippen LogP contribution in [0.15, 0.2) is 30.3 Å². The molecular formula is C19H17F3N4O2. The van der Waals surface area contributed by atoms with Crippen molar-refractivity contribution in [2.45, 2.75) is 6.18 Å². The van der Waals surface area contributed by atoms with Gasteiger partial charge in [0.2, 0.25) is 0 Å². The molecule has 0 radical (unpaired) electrons. The van der Waals surface area contributed by atoms with Crippen LogP contribution in [0, 0.1) is 11.8 Å². The molecule has 146 valence electrons. The number of carbonyl (C=O) groups is 1. The molecule has 1 aromatic heterocycles. The number of aliphatic hydroxyl groups is 1. The van der Waals surface area contributed by atoms with Crippen molar-refractivity contribution in [3.05, 3.63) is 47.2 Å². The Morgan fingerprint density at radius 1 is 1.18 bits per heavy atom. The van der Waals surface area contributed by atoms with E-state index in [1.165, 1.54) is 29.2 Å². The van der Waals surface area contributed by atoms with Gasteiger partial charge in [-0.3, -0.25) is 4.79 Å². The van der Waals surface area contributed by atoms with Gasteiger partial charge in [-0.25, -0.2) is 0 Å². The standard InChI is InChI=1S/C19H17F3N4O2/c20-19(21,22)16-12-13(17-6-4-14(24-25-17)2-1-11-27)3-5-15(16)18(28)26-9-7-23-8-10-26/h3-6,12,23,27H,7-11H2. The summed E-state index contributed by atoms with van der Waals surface area (Å²) in [6, 6.07) is 6.51. The summed E-state index contributed by atoms with van der Waals surface area (Å²) in [7, 11) is 0. The Labute approximate surface area is 159 Å². The molecule has 28 heavy (non-hydrogen) atoms. The molecule has 1 saturated heterocycles. The summed E-state index contributed by atoms with van der Waals surface area (Å²) in [6.07, 6.45) is -4.69. The molecule has 0 bridgehead atoms. The number of carbonyl (C=O) groups excluding carboxylic acids is 1. The zero-order valence-electron chi connectivity index (χ0n) is 14.8. The highest BCUT2D eigenvalue weighted by atomic mass is 19.4. The number of aliphatic hydroxyl groups excluding tert-OH is 1. The van der Waals surface area contributed by atoms with Crippen LogP contribution in [0.1, 0.15) is 21.6 Å². The van der Waals surface area contributed by atoms with E-state index >= 15 is 0 Å². The van der Waals surface area contributed by atoms with Crippen molar-refractivity contribution in [1.82, 2.24) is 20.4 Å². The van der Waals surface area contributed by atoms with Gasteiger partial charge in [0.1, 0.15) is 12.3 Å². The third kappa shape index (κ3) is 4.47. The van der Waals surface area contributed by atoms with Gasteiger partial charge in [-0.15, -0.1) is 10.2 Å². The molecule has 3 rings (SSSR count). The van der Waals surface area contributed by atoms with Gasteiger partial charge in [0.25, 0.3) is 5.91 Å². The lowest BCUT2D eigenvalue weighted by Crippen LogP contribution is -2.46. The maximum atomic E-state index is 13.6. The smallest absolute Gasteiger partial charge is 0.384 e. The van der Waals surface area contributed by atoms with Crippen LogP contribution in [-0.4, -0.2) is 58.9 Å². The van der Waals surface area contributed by atoms with Crippen LogP contribution in [0.25, 0.3) is 11.3 Å². The van der Waals surface area contributed by atoms with Crippen molar-refractivity contribution < 1.29 is 23.1 Å². The van der Waals surface area contributed by atoms with Gasteiger partial charge < -0.3 is 15.3 Å². The number of rotatable bonds is 2. The van der Waals surface area contributed by atoms with E-state index in [0.717, 1.165) is 6.07 Å². The van der Waals surface area contributed by atoms with Crippen LogP contribution in [0.4, 0.5) is 13.2 Å². The minimum atomic E-state index is -4.69. The van der Waals surface area contributed by atoms with Gasteiger partial charge in [-0.2, -0.15) is 13.2 Å². The zero-order chi connectivity index (χ0) is 20.1. The van der Waals surface area contributed by atoms with Crippen molar-refractivity contribution in [2.24, 2.45) is 0 Å². The Bertz CT molecular complexity index is 912. The summed E-state index contributed by atoms with van der Waals surface area (Å²) >= 11 is 0. The fourth-order valence-corrected chi connectivity index (χ4v) is 2.85. The number of halogens is 3. The molecule has 9 heteroatoms. The monoisotopic (exact) mass is 390 g/mol. The van der Waals surface area contributed by atoms with Crippen LogP contribution < -0.4 is 5.32 Å². The fourth-order valence-electron chi connectivity index (χ4n) is 2.85. The number of benzene rings is 1. The van der Waals surface area contributed by atoms with Crippen LogP contribution >= 0.6 is 0 Å². The van der Waals surface area contributed by atoms with Crippen molar-refractivity contribution in [1.29, 1.82) is 0 Å². The van der Waals surface area contributed by atoms with E-state index in [1.807, 2.05) is 0 Å². The number of nitrogens with one attached hydrogen (secondary N) is 1. The van der Waals surface area contributed by atoms with Gasteiger partial charge in [-0.05, 0) is 30.2 Å². The Morgan fingerprint density at radius 2 is 1.93 bits per heavy atom. The van der Waals surface area contributed by atoms with E-state index in [4.69, 9.17) is 5.11 Å². The summed E-state index contributed by atoms with van der Waals surface area (Å²) in [4.78, 5) is 14.0. The SMILES string of the molecule is O=C(c1ccc(-c2ccc(C#CCO)nn2)cc1C(F)(F)F)N1CCNCC1. The molecule has 1 aliphatic heterocycles. The first-order chi connectivity index (χ1) is 13.4. The topological polar surface area (TPSA) is 78.3 Å². The lowest BCUT2D eigenvalue weighted by molar-refractivity contribution is -0.138. The molecule has 0 atom stereocenters. The maximum absolute atomic E-state index is 13.6. The summed E-state index contributed by atoms with van der Waals surface area (Å²) in [5, 5.41) is 19.4. The molecule has 1 amide bonds. The lowest BCUT2D eigenvalue weighted by atomic mass is 10.00. The first kappa shape index (κ1) is 19.8. The van der Waals surface area contributed by atoms with E-state index in [-0.39, 0.29) is 23.4 Å². The van der Waals surface area contributed by atoms with Crippen LogP contribution in [0.2, 0.25) is 0 Å². The molecule has 0 saturated carbocycles. The largest absolute Gasteiger partial charge is 0.417 e. The molecule has 0 unspecified atom stereocenters. The summed E-state index contributed by atoms with van der Waals surface area (Å²) in [5.74, 6) is 4.33. The molecule has 0 spiro atoms. The van der Waals surface area contributed by atoms with Gasteiger partial charge in [0.15, 0.2) is 0 Å². The fraction of sp³-hybridized carbons (Fsp3) is 0.316. The molecule has 1 aliphatic rings. The van der Waals surface area contributed by atoms with Crippen LogP contribution in [0.5, 0.6) is 0 Å². The number of nitrogens with zero attached hydrogens (tertiary/aromatic N) is 3. The molecule has 2 aromatic rings. The molecule has 2 heterocycles. The summed E-state index contributed by atoms with van der Waals surface area (Å²) in [5.41, 5.74) is -0.671. The minimum Gasteiger partial charge on any atom is -0.384 e. The van der Waals surface area contributed by atoms with Crippen molar-refractivity contribution in [3.63, 3.8) is 0 Å². The van der Waals surface area contributed by atoms with Crippen molar-refractivity contribution in [3.8, 4) is 23.1 Å². The van der Waals surface area contributed by atoms with E-state index < -0.39 is 17.6 Å². The lowest BCUT2D eigenvalue weighted by Gasteiger charge is -2.28. The number of hydrogen-bond acceptors (Lipinski definition) is 5. The second-order valence-electron chi connectivity index (χ2n) is 6.06. The van der Waals surface area contributed by atoms with Crippen molar-refractivity contribution in [2.75, 3.05) is 32.8 Å². The molecule has 6 nitrogen and oxygen atoms in total. The summed E-state index contributed by atoms with van der Waals surface area (Å²) in [6.45, 7) is 1.49. The zero-order valence-corrected chi connectivity index (χ0v) is 14.8. The van der Waals surface area contributed by atoms with E-state index in [2.05, 4.69) is 27.4 Å². The Kier molecular flexibility index (Phi) is 5.92. The number of amides is 1. The predicted molar refractivity (Wildman–Crippen MR) is 95.2 cm³/mol. The highest BCUT2D eigenvalue weighted by molar-refractivity contribution is 5.96. The number of alkyl halides is 3. The van der Waals surface area contributed by atoms with Gasteiger partial charge >= 0.3 is 6.18 Å². The minimum absolute atomic E-state index is 0.193. The van der Waals surface area contributed by atoms with Gasteiger partial charge in [0, 0.05) is 31.7 Å². The van der Waals surface area contributed by atoms with Crippen LogP contribution in [-0.2, 0) is 6.18 Å². The molecule has 1 fully saturated rings. The molecule has 0 aliphatic carbocycles. The number of hydrogen-bond donors (Lipinski definition) is 2. The predicted octanol–water partition coefficient (Wildman–Crippen LogP) is 1.55. The van der Waals surface area contributed by atoms with Gasteiger partial charge in [-0.1, -0.05) is 12.0 Å². The number of piperazine rings is 1.